The molecule has 0 aliphatic heterocycles. The number of ether oxygens (including phenoxy) is 1. The molecule has 0 N–H and O–H groups in total. The summed E-state index contributed by atoms with van der Waals surface area (Å²) in [4.78, 5) is 6.51. The molecular formula is C9H7ClN4O. The van der Waals surface area contributed by atoms with Gasteiger partial charge in [0.2, 0.25) is 5.88 Å². The van der Waals surface area contributed by atoms with Crippen LogP contribution in [0.4, 0.5) is 0 Å². The molecule has 0 saturated carbocycles. The highest BCUT2D eigenvalue weighted by atomic mass is 35.5. The van der Waals surface area contributed by atoms with Crippen LogP contribution in [0.25, 0.3) is 10.4 Å². The van der Waals surface area contributed by atoms with Crippen molar-refractivity contribution < 1.29 is 4.74 Å². The summed E-state index contributed by atoms with van der Waals surface area (Å²) < 4.78 is 4.89. The predicted molar refractivity (Wildman–Crippen MR) is 56.7 cm³/mol. The summed E-state index contributed by atoms with van der Waals surface area (Å²) in [6.07, 6.45) is 1.54. The number of azide groups is 1. The van der Waals surface area contributed by atoms with Gasteiger partial charge in [-0.25, -0.2) is 4.98 Å². The van der Waals surface area contributed by atoms with Gasteiger partial charge in [0.1, 0.15) is 5.02 Å². The smallest absolute Gasteiger partial charge is 0.232 e. The third kappa shape index (κ3) is 3.39. The molecule has 0 radical (unpaired) electrons. The fourth-order valence-corrected chi connectivity index (χ4v) is 1.10. The summed E-state index contributed by atoms with van der Waals surface area (Å²) in [5.74, 6) is 5.77. The van der Waals surface area contributed by atoms with Crippen LogP contribution in [0.1, 0.15) is 5.56 Å². The van der Waals surface area contributed by atoms with Crippen molar-refractivity contribution >= 4 is 11.6 Å². The van der Waals surface area contributed by atoms with E-state index in [1.54, 1.807) is 6.07 Å². The lowest BCUT2D eigenvalue weighted by molar-refractivity contribution is 0.398. The van der Waals surface area contributed by atoms with E-state index in [1.807, 2.05) is 0 Å². The van der Waals surface area contributed by atoms with E-state index in [1.165, 1.54) is 13.3 Å². The van der Waals surface area contributed by atoms with E-state index in [-0.39, 0.29) is 6.54 Å². The molecule has 0 aliphatic carbocycles. The summed E-state index contributed by atoms with van der Waals surface area (Å²) in [5.41, 5.74) is 8.66. The van der Waals surface area contributed by atoms with Crippen LogP contribution in [-0.4, -0.2) is 18.6 Å². The van der Waals surface area contributed by atoms with Crippen LogP contribution in [0.2, 0.25) is 5.02 Å². The standard InChI is InChI=1S/C9H7ClN4O/c1-15-9-8(10)5-7(6-12-9)3-2-4-13-14-11/h5-6H,4H2,1H3. The first-order chi connectivity index (χ1) is 7.27. The Labute approximate surface area is 91.7 Å². The monoisotopic (exact) mass is 222 g/mol. The van der Waals surface area contributed by atoms with Crippen molar-refractivity contribution in [3.8, 4) is 17.7 Å². The molecule has 76 valence electrons. The molecule has 1 heterocycles. The van der Waals surface area contributed by atoms with Gasteiger partial charge in [-0.2, -0.15) is 0 Å². The molecule has 5 nitrogen and oxygen atoms in total. The number of methoxy groups -OCH3 is 1. The summed E-state index contributed by atoms with van der Waals surface area (Å²) in [6.45, 7) is 0.125. The molecule has 1 aromatic rings. The van der Waals surface area contributed by atoms with Crippen LogP contribution in [0, 0.1) is 11.8 Å². The lowest BCUT2D eigenvalue weighted by Gasteiger charge is -2.00. The molecule has 0 aromatic carbocycles. The van der Waals surface area contributed by atoms with Crippen LogP contribution < -0.4 is 4.74 Å². The zero-order valence-corrected chi connectivity index (χ0v) is 8.69. The lowest BCUT2D eigenvalue weighted by Crippen LogP contribution is -1.89. The van der Waals surface area contributed by atoms with Crippen molar-refractivity contribution in [2.75, 3.05) is 13.7 Å². The molecule has 0 bridgehead atoms. The second kappa shape index (κ2) is 5.76. The van der Waals surface area contributed by atoms with E-state index in [0.717, 1.165) is 0 Å². The van der Waals surface area contributed by atoms with Crippen molar-refractivity contribution in [1.29, 1.82) is 0 Å². The molecule has 1 rings (SSSR count). The minimum Gasteiger partial charge on any atom is -0.480 e. The molecule has 0 aliphatic rings. The number of rotatable bonds is 2. The van der Waals surface area contributed by atoms with E-state index < -0.39 is 0 Å². The zero-order valence-electron chi connectivity index (χ0n) is 7.94. The molecule has 0 unspecified atom stereocenters. The fourth-order valence-electron chi connectivity index (χ4n) is 0.852. The number of aromatic nitrogens is 1. The minimum atomic E-state index is 0.125. The number of pyridine rings is 1. The van der Waals surface area contributed by atoms with Gasteiger partial charge in [-0.1, -0.05) is 28.6 Å². The van der Waals surface area contributed by atoms with Crippen molar-refractivity contribution in [2.45, 2.75) is 0 Å². The molecular weight excluding hydrogens is 216 g/mol. The Kier molecular flexibility index (Phi) is 4.30. The maximum absolute atomic E-state index is 8.02. The largest absolute Gasteiger partial charge is 0.480 e. The summed E-state index contributed by atoms with van der Waals surface area (Å²) in [7, 11) is 1.49. The Bertz CT molecular complexity index is 457. The Balaban J connectivity index is 2.82. The van der Waals surface area contributed by atoms with Gasteiger partial charge in [-0.15, -0.1) is 0 Å². The van der Waals surface area contributed by atoms with Gasteiger partial charge < -0.3 is 4.74 Å². The third-order valence-electron chi connectivity index (χ3n) is 1.45. The molecule has 0 amide bonds. The molecule has 0 spiro atoms. The quantitative estimate of drug-likeness (QED) is 0.334. The van der Waals surface area contributed by atoms with Gasteiger partial charge in [0.15, 0.2) is 0 Å². The summed E-state index contributed by atoms with van der Waals surface area (Å²) in [6, 6.07) is 1.64. The van der Waals surface area contributed by atoms with Gasteiger partial charge in [-0.05, 0) is 11.6 Å². The van der Waals surface area contributed by atoms with Crippen LogP contribution in [0.15, 0.2) is 17.4 Å². The Morgan fingerprint density at radius 2 is 2.53 bits per heavy atom. The predicted octanol–water partition coefficient (Wildman–Crippen LogP) is 2.41. The van der Waals surface area contributed by atoms with E-state index >= 15 is 0 Å². The topological polar surface area (TPSA) is 70.9 Å². The average molecular weight is 223 g/mol. The van der Waals surface area contributed by atoms with Crippen LogP contribution in [0.3, 0.4) is 0 Å². The number of hydrogen-bond acceptors (Lipinski definition) is 3. The normalized spacial score (nSPS) is 8.40. The van der Waals surface area contributed by atoms with Gasteiger partial charge in [-0.3, -0.25) is 0 Å². The highest BCUT2D eigenvalue weighted by molar-refractivity contribution is 6.31. The van der Waals surface area contributed by atoms with Gasteiger partial charge in [0.05, 0.1) is 13.7 Å². The molecule has 0 atom stereocenters. The van der Waals surface area contributed by atoms with E-state index in [9.17, 15) is 0 Å². The maximum atomic E-state index is 8.02. The van der Waals surface area contributed by atoms with Crippen LogP contribution >= 0.6 is 11.6 Å². The first-order valence-corrected chi connectivity index (χ1v) is 4.35. The third-order valence-corrected chi connectivity index (χ3v) is 1.72. The Morgan fingerprint density at radius 1 is 1.73 bits per heavy atom. The second-order valence-electron chi connectivity index (χ2n) is 2.41. The fraction of sp³-hybridized carbons (Fsp3) is 0.222. The Morgan fingerprint density at radius 3 is 3.13 bits per heavy atom. The molecule has 15 heavy (non-hydrogen) atoms. The van der Waals surface area contributed by atoms with Crippen molar-refractivity contribution in [3.63, 3.8) is 0 Å². The minimum absolute atomic E-state index is 0.125. The van der Waals surface area contributed by atoms with Crippen molar-refractivity contribution in [3.05, 3.63) is 33.3 Å². The number of hydrogen-bond donors (Lipinski definition) is 0. The highest BCUT2D eigenvalue weighted by Gasteiger charge is 2.00. The summed E-state index contributed by atoms with van der Waals surface area (Å²) in [5, 5.41) is 3.67. The van der Waals surface area contributed by atoms with E-state index in [2.05, 4.69) is 26.9 Å². The zero-order chi connectivity index (χ0) is 11.1. The van der Waals surface area contributed by atoms with Crippen molar-refractivity contribution in [2.24, 2.45) is 5.11 Å². The summed E-state index contributed by atoms with van der Waals surface area (Å²) >= 11 is 5.83. The Hall–Kier alpha value is -1.89. The second-order valence-corrected chi connectivity index (χ2v) is 2.81. The van der Waals surface area contributed by atoms with Crippen molar-refractivity contribution in [1.82, 2.24) is 4.98 Å². The van der Waals surface area contributed by atoms with Crippen LogP contribution in [0.5, 0.6) is 5.88 Å². The molecule has 0 fully saturated rings. The highest BCUT2D eigenvalue weighted by Crippen LogP contribution is 2.21. The molecule has 1 aromatic heterocycles. The van der Waals surface area contributed by atoms with Gasteiger partial charge >= 0.3 is 0 Å². The molecule has 6 heteroatoms. The van der Waals surface area contributed by atoms with E-state index in [0.29, 0.717) is 16.5 Å². The number of nitrogens with zero attached hydrogens (tertiary/aromatic N) is 4. The maximum Gasteiger partial charge on any atom is 0.232 e. The number of halogens is 1. The van der Waals surface area contributed by atoms with Gasteiger partial charge in [0, 0.05) is 16.7 Å². The first-order valence-electron chi connectivity index (χ1n) is 3.97. The SMILES string of the molecule is COc1ncc(C#CCN=[N+]=[N-])cc1Cl. The van der Waals surface area contributed by atoms with Crippen LogP contribution in [-0.2, 0) is 0 Å². The van der Waals surface area contributed by atoms with E-state index in [4.69, 9.17) is 21.9 Å². The van der Waals surface area contributed by atoms with Gasteiger partial charge in [0.25, 0.3) is 0 Å². The average Bonchev–Trinajstić information content (AvgIpc) is 2.25. The molecule has 0 saturated heterocycles. The first kappa shape index (κ1) is 11.2. The lowest BCUT2D eigenvalue weighted by atomic mass is 10.3.